The van der Waals surface area contributed by atoms with Crippen LogP contribution in [0.25, 0.3) is 10.8 Å². The topological polar surface area (TPSA) is 54.0 Å². The summed E-state index contributed by atoms with van der Waals surface area (Å²) in [5.74, 6) is 1.56. The zero-order chi connectivity index (χ0) is 24.8. The molecule has 186 valence electrons. The van der Waals surface area contributed by atoms with E-state index in [0.717, 1.165) is 64.4 Å². The summed E-state index contributed by atoms with van der Waals surface area (Å²) in [4.78, 5) is 13.0. The van der Waals surface area contributed by atoms with Crippen LogP contribution in [0.1, 0.15) is 43.7 Å². The summed E-state index contributed by atoms with van der Waals surface area (Å²) in [6.45, 7) is 5.40. The molecule has 1 aliphatic rings. The summed E-state index contributed by atoms with van der Waals surface area (Å²) in [6, 6.07) is 18.3. The van der Waals surface area contributed by atoms with Crippen molar-refractivity contribution in [3.8, 4) is 11.5 Å². The van der Waals surface area contributed by atoms with Crippen molar-refractivity contribution < 1.29 is 23.7 Å². The largest absolute Gasteiger partial charge is 0.491 e. The Morgan fingerprint density at radius 1 is 1.03 bits per heavy atom. The summed E-state index contributed by atoms with van der Waals surface area (Å²) in [5, 5.41) is 3.25. The Morgan fingerprint density at radius 3 is 2.54 bits per heavy atom. The van der Waals surface area contributed by atoms with Crippen LogP contribution < -0.4 is 14.8 Å². The SMILES string of the molecule is COCCOc1cc(P)c(OC2CCC(C)(C(=O)OCc3cccc4ccccc34)CC2)cc1C. The van der Waals surface area contributed by atoms with Gasteiger partial charge in [0.15, 0.2) is 0 Å². The minimum absolute atomic E-state index is 0.0768. The number of methoxy groups -OCH3 is 1. The third-order valence-corrected chi connectivity index (χ3v) is 7.36. The lowest BCUT2D eigenvalue weighted by molar-refractivity contribution is -0.159. The first kappa shape index (κ1) is 25.5. The molecular formula is C29H35O5P. The minimum Gasteiger partial charge on any atom is -0.491 e. The van der Waals surface area contributed by atoms with Gasteiger partial charge in [0.1, 0.15) is 24.7 Å². The second-order valence-corrected chi connectivity index (χ2v) is 10.2. The van der Waals surface area contributed by atoms with E-state index in [0.29, 0.717) is 19.8 Å². The Morgan fingerprint density at radius 2 is 1.77 bits per heavy atom. The molecular weight excluding hydrogens is 459 g/mol. The zero-order valence-electron chi connectivity index (χ0n) is 20.8. The van der Waals surface area contributed by atoms with Gasteiger partial charge < -0.3 is 18.9 Å². The summed E-state index contributed by atoms with van der Waals surface area (Å²) >= 11 is 0. The molecule has 1 atom stereocenters. The average molecular weight is 495 g/mol. The maximum Gasteiger partial charge on any atom is 0.312 e. The van der Waals surface area contributed by atoms with E-state index < -0.39 is 5.41 Å². The molecule has 0 N–H and O–H groups in total. The van der Waals surface area contributed by atoms with Crippen LogP contribution in [-0.4, -0.2) is 32.4 Å². The third kappa shape index (κ3) is 6.15. The Labute approximate surface area is 210 Å². The van der Waals surface area contributed by atoms with E-state index in [2.05, 4.69) is 27.4 Å². The van der Waals surface area contributed by atoms with Crippen LogP contribution >= 0.6 is 9.24 Å². The number of fused-ring (bicyclic) bond motifs is 1. The van der Waals surface area contributed by atoms with Gasteiger partial charge in [-0.05, 0) is 73.6 Å². The molecule has 0 amide bonds. The van der Waals surface area contributed by atoms with Gasteiger partial charge in [-0.1, -0.05) is 42.5 Å². The monoisotopic (exact) mass is 494 g/mol. The number of aryl methyl sites for hydroxylation is 1. The highest BCUT2D eigenvalue weighted by atomic mass is 31.0. The van der Waals surface area contributed by atoms with Crippen molar-refractivity contribution in [3.63, 3.8) is 0 Å². The fourth-order valence-corrected chi connectivity index (χ4v) is 4.94. The molecule has 3 aromatic rings. The summed E-state index contributed by atoms with van der Waals surface area (Å²) in [5.41, 5.74) is 1.58. The van der Waals surface area contributed by atoms with Crippen LogP contribution in [0.15, 0.2) is 54.6 Å². The number of hydrogen-bond donors (Lipinski definition) is 0. The van der Waals surface area contributed by atoms with Crippen LogP contribution in [0.4, 0.5) is 0 Å². The average Bonchev–Trinajstić information content (AvgIpc) is 2.86. The van der Waals surface area contributed by atoms with Crippen molar-refractivity contribution in [2.24, 2.45) is 5.41 Å². The molecule has 1 saturated carbocycles. The van der Waals surface area contributed by atoms with Crippen LogP contribution in [-0.2, 0) is 20.9 Å². The van der Waals surface area contributed by atoms with Crippen molar-refractivity contribution in [1.29, 1.82) is 0 Å². The molecule has 0 aliphatic heterocycles. The zero-order valence-corrected chi connectivity index (χ0v) is 22.0. The van der Waals surface area contributed by atoms with Crippen molar-refractivity contribution in [1.82, 2.24) is 0 Å². The van der Waals surface area contributed by atoms with Crippen LogP contribution in [0.3, 0.4) is 0 Å². The number of carbonyl (C=O) groups is 1. The normalized spacial score (nSPS) is 19.9. The van der Waals surface area contributed by atoms with Gasteiger partial charge in [0.2, 0.25) is 0 Å². The van der Waals surface area contributed by atoms with Crippen LogP contribution in [0, 0.1) is 12.3 Å². The molecule has 0 bridgehead atoms. The number of hydrogen-bond acceptors (Lipinski definition) is 5. The maximum atomic E-state index is 13.0. The number of ether oxygens (including phenoxy) is 4. The molecule has 35 heavy (non-hydrogen) atoms. The van der Waals surface area contributed by atoms with Gasteiger partial charge in [-0.15, -0.1) is 9.24 Å². The van der Waals surface area contributed by atoms with Gasteiger partial charge in [0.05, 0.1) is 18.1 Å². The molecule has 1 fully saturated rings. The smallest absolute Gasteiger partial charge is 0.312 e. The highest BCUT2D eigenvalue weighted by molar-refractivity contribution is 7.27. The van der Waals surface area contributed by atoms with E-state index in [-0.39, 0.29) is 12.1 Å². The van der Waals surface area contributed by atoms with Gasteiger partial charge in [0.25, 0.3) is 0 Å². The van der Waals surface area contributed by atoms with Crippen LogP contribution in [0.5, 0.6) is 11.5 Å². The van der Waals surface area contributed by atoms with E-state index in [9.17, 15) is 4.79 Å². The summed E-state index contributed by atoms with van der Waals surface area (Å²) in [7, 11) is 4.40. The molecule has 0 saturated heterocycles. The molecule has 0 spiro atoms. The molecule has 1 unspecified atom stereocenters. The van der Waals surface area contributed by atoms with Gasteiger partial charge in [-0.2, -0.15) is 0 Å². The lowest BCUT2D eigenvalue weighted by Crippen LogP contribution is -2.37. The van der Waals surface area contributed by atoms with Crippen LogP contribution in [0.2, 0.25) is 0 Å². The molecule has 4 rings (SSSR count). The Kier molecular flexibility index (Phi) is 8.30. The molecule has 0 aromatic heterocycles. The van der Waals surface area contributed by atoms with Gasteiger partial charge >= 0.3 is 5.97 Å². The Hall–Kier alpha value is -2.62. The number of carbonyl (C=O) groups excluding carboxylic acids is 1. The van der Waals surface area contributed by atoms with Crippen molar-refractivity contribution >= 4 is 31.3 Å². The summed E-state index contributed by atoms with van der Waals surface area (Å²) < 4.78 is 23.0. The molecule has 0 radical (unpaired) electrons. The number of esters is 1. The van der Waals surface area contributed by atoms with E-state index in [1.54, 1.807) is 7.11 Å². The Bertz CT molecular complexity index is 1160. The molecule has 1 aliphatic carbocycles. The first-order chi connectivity index (χ1) is 16.9. The number of rotatable bonds is 9. The molecule has 5 nitrogen and oxygen atoms in total. The third-order valence-electron chi connectivity index (χ3n) is 6.91. The highest BCUT2D eigenvalue weighted by Gasteiger charge is 2.39. The standard InChI is InChI=1S/C29H35O5P/c1-20-17-26(27(35)18-25(20)32-16-15-31-3)34-23-11-13-29(2,14-12-23)28(30)33-19-22-9-6-8-21-7-4-5-10-24(21)22/h4-10,17-18,23H,11-16,19,35H2,1-3H3. The molecule has 0 heterocycles. The quantitative estimate of drug-likeness (QED) is 0.216. The van der Waals surface area contributed by atoms with Gasteiger partial charge in [-0.3, -0.25) is 4.79 Å². The second kappa shape index (κ2) is 11.4. The van der Waals surface area contributed by atoms with E-state index in [4.69, 9.17) is 18.9 Å². The fraction of sp³-hybridized carbons (Fsp3) is 0.414. The predicted molar refractivity (Wildman–Crippen MR) is 143 cm³/mol. The van der Waals surface area contributed by atoms with Gasteiger partial charge in [0, 0.05) is 12.4 Å². The lowest BCUT2D eigenvalue weighted by Gasteiger charge is -2.35. The van der Waals surface area contributed by atoms with Gasteiger partial charge in [-0.25, -0.2) is 0 Å². The van der Waals surface area contributed by atoms with Crippen molar-refractivity contribution in [2.45, 2.75) is 52.2 Å². The van der Waals surface area contributed by atoms with E-state index >= 15 is 0 Å². The van der Waals surface area contributed by atoms with Crippen molar-refractivity contribution in [3.05, 3.63) is 65.7 Å². The number of benzene rings is 3. The van der Waals surface area contributed by atoms with E-state index in [1.165, 1.54) is 0 Å². The summed E-state index contributed by atoms with van der Waals surface area (Å²) in [6.07, 6.45) is 3.20. The first-order valence-corrected chi connectivity index (χ1v) is 12.8. The van der Waals surface area contributed by atoms with Crippen molar-refractivity contribution in [2.75, 3.05) is 20.3 Å². The second-order valence-electron chi connectivity index (χ2n) is 9.59. The lowest BCUT2D eigenvalue weighted by atomic mass is 9.74. The molecule has 3 aromatic carbocycles. The molecule has 6 heteroatoms. The first-order valence-electron chi connectivity index (χ1n) is 12.2. The minimum atomic E-state index is -0.483. The predicted octanol–water partition coefficient (Wildman–Crippen LogP) is 5.74. The fourth-order valence-electron chi connectivity index (χ4n) is 4.64. The van der Waals surface area contributed by atoms with E-state index in [1.807, 2.05) is 50.2 Å². The Balaban J connectivity index is 1.32. The maximum absolute atomic E-state index is 13.0. The highest BCUT2D eigenvalue weighted by Crippen LogP contribution is 2.39.